The van der Waals surface area contributed by atoms with E-state index in [4.69, 9.17) is 4.74 Å². The summed E-state index contributed by atoms with van der Waals surface area (Å²) < 4.78 is 22.9. The first-order valence-corrected chi connectivity index (χ1v) is 7.90. The number of nitrogens with one attached hydrogen (secondary N) is 1. The van der Waals surface area contributed by atoms with E-state index in [9.17, 15) is 14.0 Å². The number of anilines is 2. The number of fused-ring (bicyclic) bond motifs is 3. The van der Waals surface area contributed by atoms with Crippen LogP contribution in [0.25, 0.3) is 0 Å². The van der Waals surface area contributed by atoms with Gasteiger partial charge in [-0.2, -0.15) is 0 Å². The van der Waals surface area contributed by atoms with Crippen LogP contribution in [0, 0.1) is 0 Å². The van der Waals surface area contributed by atoms with Crippen LogP contribution in [0.3, 0.4) is 0 Å². The molecule has 0 aliphatic carbocycles. The van der Waals surface area contributed by atoms with Crippen molar-refractivity contribution in [3.05, 3.63) is 23.8 Å². The van der Waals surface area contributed by atoms with E-state index in [-0.39, 0.29) is 12.6 Å². The van der Waals surface area contributed by atoms with Gasteiger partial charge in [-0.3, -0.25) is 4.90 Å². The van der Waals surface area contributed by atoms with Crippen molar-refractivity contribution in [2.45, 2.75) is 24.7 Å². The Kier molecular flexibility index (Phi) is 3.47. The van der Waals surface area contributed by atoms with Crippen LogP contribution >= 0.6 is 0 Å². The van der Waals surface area contributed by atoms with E-state index in [1.165, 1.54) is 7.11 Å². The number of ether oxygens (including phenoxy) is 2. The first kappa shape index (κ1) is 15.0. The highest BCUT2D eigenvalue weighted by Crippen LogP contribution is 2.40. The zero-order valence-electron chi connectivity index (χ0n) is 13.2. The van der Waals surface area contributed by atoms with Crippen LogP contribution < -0.4 is 15.1 Å². The van der Waals surface area contributed by atoms with Crippen molar-refractivity contribution in [3.8, 4) is 0 Å². The molecule has 8 heteroatoms. The Hall–Kier alpha value is -2.51. The molecule has 1 unspecified atom stereocenters. The summed E-state index contributed by atoms with van der Waals surface area (Å²) in [4.78, 5) is 27.0. The number of cyclic esters (lactones) is 1. The predicted octanol–water partition coefficient (Wildman–Crippen LogP) is 1.45. The molecule has 24 heavy (non-hydrogen) atoms. The molecule has 7 nitrogen and oxygen atoms in total. The molecule has 128 valence electrons. The first-order valence-electron chi connectivity index (χ1n) is 7.90. The second-order valence-electron chi connectivity index (χ2n) is 6.25. The van der Waals surface area contributed by atoms with Crippen LogP contribution in [0.5, 0.6) is 0 Å². The Balaban J connectivity index is 1.51. The van der Waals surface area contributed by atoms with Crippen LogP contribution in [0.4, 0.5) is 25.4 Å². The van der Waals surface area contributed by atoms with E-state index >= 15 is 0 Å². The lowest BCUT2D eigenvalue weighted by molar-refractivity contribution is 0.123. The molecule has 2 saturated heterocycles. The fourth-order valence-electron chi connectivity index (χ4n) is 3.53. The molecule has 0 saturated carbocycles. The van der Waals surface area contributed by atoms with Crippen molar-refractivity contribution < 1.29 is 23.5 Å². The van der Waals surface area contributed by atoms with Gasteiger partial charge in [-0.25, -0.2) is 14.0 Å². The lowest BCUT2D eigenvalue weighted by Crippen LogP contribution is -2.48. The first-order chi connectivity index (χ1) is 11.6. The van der Waals surface area contributed by atoms with Crippen molar-refractivity contribution in [2.24, 2.45) is 0 Å². The Morgan fingerprint density at radius 2 is 2.25 bits per heavy atom. The van der Waals surface area contributed by atoms with Crippen LogP contribution in [-0.4, -0.2) is 57.2 Å². The number of amides is 2. The van der Waals surface area contributed by atoms with Gasteiger partial charge in [0.2, 0.25) is 0 Å². The summed E-state index contributed by atoms with van der Waals surface area (Å²) in [7, 11) is 1.28. The summed E-state index contributed by atoms with van der Waals surface area (Å²) in [6.45, 7) is 1.04. The van der Waals surface area contributed by atoms with Gasteiger partial charge in [0.1, 0.15) is 12.3 Å². The number of methoxy groups -OCH3 is 1. The zero-order chi connectivity index (χ0) is 16.8. The van der Waals surface area contributed by atoms with Gasteiger partial charge in [-0.15, -0.1) is 0 Å². The maximum Gasteiger partial charge on any atom is 0.415 e. The Morgan fingerprint density at radius 3 is 2.96 bits per heavy atom. The quantitative estimate of drug-likeness (QED) is 0.905. The van der Waals surface area contributed by atoms with Crippen molar-refractivity contribution in [2.75, 3.05) is 36.5 Å². The summed E-state index contributed by atoms with van der Waals surface area (Å²) in [6.07, 6.45) is -1.50. The molecule has 0 radical (unpaired) electrons. The highest BCUT2D eigenvalue weighted by molar-refractivity contribution is 5.94. The largest absolute Gasteiger partial charge is 0.453 e. The highest BCUT2D eigenvalue weighted by atomic mass is 19.1. The maximum absolute atomic E-state index is 13.0. The number of carbonyl (C=O) groups is 2. The maximum atomic E-state index is 13.0. The van der Waals surface area contributed by atoms with Gasteiger partial charge < -0.3 is 19.7 Å². The molecule has 0 bridgehead atoms. The summed E-state index contributed by atoms with van der Waals surface area (Å²) in [6, 6.07) is 5.65. The topological polar surface area (TPSA) is 71.1 Å². The minimum atomic E-state index is -0.759. The van der Waals surface area contributed by atoms with E-state index in [2.05, 4.69) is 10.1 Å². The smallest absolute Gasteiger partial charge is 0.415 e. The molecule has 3 aliphatic heterocycles. The average molecular weight is 335 g/mol. The van der Waals surface area contributed by atoms with Crippen LogP contribution in [0.15, 0.2) is 18.2 Å². The molecule has 2 amide bonds. The number of alkyl halides is 1. The molecule has 2 fully saturated rings. The number of rotatable bonds is 3. The third-order valence-electron chi connectivity index (χ3n) is 4.80. The molecule has 0 spiro atoms. The second-order valence-corrected chi connectivity index (χ2v) is 6.25. The Morgan fingerprint density at radius 1 is 1.46 bits per heavy atom. The standard InChI is InChI=1S/C16H18FN3O4/c1-23-15(21)18-6-14-13-5-9-4-11(19-7-10(17)8-19)2-3-12(9)20(13)16(22)24-14/h2-4,10,13-14H,5-8H2,1H3,(H,18,21)/t13-,14?/m0/s1. The van der Waals surface area contributed by atoms with Crippen LogP contribution in [0.1, 0.15) is 5.56 Å². The third kappa shape index (κ3) is 2.33. The third-order valence-corrected chi connectivity index (χ3v) is 4.80. The number of carbonyl (C=O) groups excluding carboxylic acids is 2. The summed E-state index contributed by atoms with van der Waals surface area (Å²) in [5.74, 6) is 0. The van der Waals surface area contributed by atoms with Gasteiger partial charge in [0, 0.05) is 5.69 Å². The number of hydrogen-bond acceptors (Lipinski definition) is 5. The van der Waals surface area contributed by atoms with Gasteiger partial charge in [-0.05, 0) is 30.2 Å². The van der Waals surface area contributed by atoms with Crippen molar-refractivity contribution in [3.63, 3.8) is 0 Å². The van der Waals surface area contributed by atoms with Crippen molar-refractivity contribution in [1.29, 1.82) is 0 Å². The van der Waals surface area contributed by atoms with Crippen molar-refractivity contribution in [1.82, 2.24) is 5.32 Å². The lowest BCUT2D eigenvalue weighted by atomic mass is 10.0. The summed E-state index contributed by atoms with van der Waals surface area (Å²) in [5, 5.41) is 2.57. The number of benzene rings is 1. The van der Waals surface area contributed by atoms with Crippen LogP contribution in [0.2, 0.25) is 0 Å². The molecule has 3 aliphatic rings. The van der Waals surface area contributed by atoms with Crippen LogP contribution in [-0.2, 0) is 15.9 Å². The molecule has 2 atom stereocenters. The Bertz CT molecular complexity index is 692. The van der Waals surface area contributed by atoms with Gasteiger partial charge in [-0.1, -0.05) is 0 Å². The van der Waals surface area contributed by atoms with E-state index in [0.717, 1.165) is 16.9 Å². The van der Waals surface area contributed by atoms with Gasteiger partial charge in [0.15, 0.2) is 0 Å². The van der Waals surface area contributed by atoms with Crippen molar-refractivity contribution >= 4 is 23.6 Å². The molecular weight excluding hydrogens is 317 g/mol. The summed E-state index contributed by atoms with van der Waals surface area (Å²) >= 11 is 0. The second kappa shape index (κ2) is 5.54. The number of halogens is 1. The fourth-order valence-corrected chi connectivity index (χ4v) is 3.53. The number of alkyl carbamates (subject to hydrolysis) is 1. The average Bonchev–Trinajstić information content (AvgIpc) is 3.06. The highest BCUT2D eigenvalue weighted by Gasteiger charge is 2.47. The van der Waals surface area contributed by atoms with E-state index < -0.39 is 24.5 Å². The minimum Gasteiger partial charge on any atom is -0.453 e. The number of hydrogen-bond donors (Lipinski definition) is 1. The molecule has 0 aromatic heterocycles. The fraction of sp³-hybridized carbons (Fsp3) is 0.500. The molecule has 3 heterocycles. The Labute approximate surface area is 138 Å². The van der Waals surface area contributed by atoms with Gasteiger partial charge in [0.25, 0.3) is 0 Å². The lowest BCUT2D eigenvalue weighted by Gasteiger charge is -2.36. The van der Waals surface area contributed by atoms with E-state index in [1.54, 1.807) is 4.90 Å². The molecular formula is C16H18FN3O4. The number of nitrogens with zero attached hydrogens (tertiary/aromatic N) is 2. The SMILES string of the molecule is COC(=O)NCC1OC(=O)N2c3ccc(N4CC(F)C4)cc3C[C@@H]12. The summed E-state index contributed by atoms with van der Waals surface area (Å²) in [5.41, 5.74) is 2.84. The van der Waals surface area contributed by atoms with Gasteiger partial charge >= 0.3 is 12.2 Å². The van der Waals surface area contributed by atoms with E-state index in [0.29, 0.717) is 19.5 Å². The molecule has 4 rings (SSSR count). The zero-order valence-corrected chi connectivity index (χ0v) is 13.2. The molecule has 1 aromatic carbocycles. The minimum absolute atomic E-state index is 0.148. The van der Waals surface area contributed by atoms with E-state index in [1.807, 2.05) is 23.1 Å². The normalized spacial score (nSPS) is 25.0. The molecule has 1 N–H and O–H groups in total. The predicted molar refractivity (Wildman–Crippen MR) is 84.2 cm³/mol. The van der Waals surface area contributed by atoms with Gasteiger partial charge in [0.05, 0.1) is 38.5 Å². The molecule has 1 aromatic rings. The monoisotopic (exact) mass is 335 g/mol.